The topological polar surface area (TPSA) is 46.1 Å². The van der Waals surface area contributed by atoms with E-state index in [0.717, 1.165) is 68.8 Å². The van der Waals surface area contributed by atoms with Crippen molar-refractivity contribution in [3.8, 4) is 0 Å². The number of likely N-dealkylation sites (tertiary alicyclic amines) is 1. The van der Waals surface area contributed by atoms with Crippen molar-refractivity contribution in [2.45, 2.75) is 31.8 Å². The van der Waals surface area contributed by atoms with Crippen LogP contribution >= 0.6 is 22.9 Å². The Hall–Kier alpha value is -0.820. The molecule has 1 aliphatic heterocycles. The lowest BCUT2D eigenvalue weighted by Crippen LogP contribution is -2.47. The third kappa shape index (κ3) is 6.59. The van der Waals surface area contributed by atoms with E-state index in [9.17, 15) is 0 Å². The van der Waals surface area contributed by atoms with Crippen molar-refractivity contribution in [3.63, 3.8) is 0 Å². The summed E-state index contributed by atoms with van der Waals surface area (Å²) >= 11 is 7.61. The van der Waals surface area contributed by atoms with Crippen LogP contribution in [0.1, 0.15) is 24.1 Å². The van der Waals surface area contributed by atoms with E-state index < -0.39 is 0 Å². The second-order valence-corrected chi connectivity index (χ2v) is 7.63. The average Bonchev–Trinajstić information content (AvgIpc) is 3.02. The molecule has 2 heterocycles. The van der Waals surface area contributed by atoms with Gasteiger partial charge in [0.25, 0.3) is 0 Å². The molecule has 0 atom stereocenters. The maximum atomic E-state index is 5.97. The van der Waals surface area contributed by atoms with Gasteiger partial charge >= 0.3 is 0 Å². The van der Waals surface area contributed by atoms with Gasteiger partial charge in [0.05, 0.1) is 10.4 Å². The summed E-state index contributed by atoms with van der Waals surface area (Å²) in [5.41, 5.74) is 0. The number of methoxy groups -OCH3 is 1. The molecule has 1 aromatic rings. The first kappa shape index (κ1) is 19.5. The van der Waals surface area contributed by atoms with Gasteiger partial charge in [0.2, 0.25) is 0 Å². The summed E-state index contributed by atoms with van der Waals surface area (Å²) in [6.45, 7) is 4.40. The monoisotopic (exact) mass is 373 g/mol. The Morgan fingerprint density at radius 2 is 2.17 bits per heavy atom. The number of piperidine rings is 1. The van der Waals surface area contributed by atoms with Gasteiger partial charge in [-0.25, -0.2) is 0 Å². The fraction of sp³-hybridized carbons (Fsp3) is 0.706. The molecule has 5 nitrogen and oxygen atoms in total. The minimum absolute atomic E-state index is 0.365. The Kier molecular flexibility index (Phi) is 8.88. The van der Waals surface area contributed by atoms with Gasteiger partial charge in [-0.2, -0.15) is 0 Å². The van der Waals surface area contributed by atoms with Crippen molar-refractivity contribution >= 4 is 28.9 Å². The normalized spacial score (nSPS) is 16.6. The number of rotatable bonds is 8. The van der Waals surface area contributed by atoms with Gasteiger partial charge in [0.1, 0.15) is 0 Å². The zero-order valence-corrected chi connectivity index (χ0v) is 16.2. The molecule has 7 heteroatoms. The van der Waals surface area contributed by atoms with Gasteiger partial charge < -0.3 is 19.7 Å². The first-order valence-electron chi connectivity index (χ1n) is 8.53. The Labute approximate surface area is 154 Å². The number of halogens is 1. The van der Waals surface area contributed by atoms with Crippen LogP contribution in [-0.4, -0.2) is 64.0 Å². The molecule has 0 bridgehead atoms. The van der Waals surface area contributed by atoms with Crippen LogP contribution in [0.2, 0.25) is 4.34 Å². The Balaban J connectivity index is 1.65. The maximum absolute atomic E-state index is 5.97. The third-order valence-electron chi connectivity index (χ3n) is 4.08. The number of ether oxygens (including phenoxy) is 2. The van der Waals surface area contributed by atoms with Gasteiger partial charge in [-0.3, -0.25) is 4.99 Å². The molecule has 0 aromatic carbocycles. The lowest BCUT2D eigenvalue weighted by atomic mass is 10.1. The van der Waals surface area contributed by atoms with E-state index in [0.29, 0.717) is 6.10 Å². The first-order chi connectivity index (χ1) is 11.7. The summed E-state index contributed by atoms with van der Waals surface area (Å²) in [6.07, 6.45) is 4.40. The molecule has 0 aliphatic carbocycles. The zero-order chi connectivity index (χ0) is 17.2. The molecule has 1 fully saturated rings. The van der Waals surface area contributed by atoms with Gasteiger partial charge in [-0.1, -0.05) is 11.6 Å². The molecule has 0 saturated carbocycles. The van der Waals surface area contributed by atoms with E-state index in [2.05, 4.69) is 21.3 Å². The van der Waals surface area contributed by atoms with Gasteiger partial charge in [-0.05, 0) is 37.8 Å². The van der Waals surface area contributed by atoms with E-state index in [1.54, 1.807) is 18.4 Å². The average molecular weight is 374 g/mol. The van der Waals surface area contributed by atoms with Crippen LogP contribution in [0.4, 0.5) is 0 Å². The highest BCUT2D eigenvalue weighted by Gasteiger charge is 2.21. The van der Waals surface area contributed by atoms with E-state index in [1.165, 1.54) is 4.88 Å². The van der Waals surface area contributed by atoms with Crippen molar-refractivity contribution in [1.29, 1.82) is 0 Å². The molecule has 1 saturated heterocycles. The van der Waals surface area contributed by atoms with Crippen molar-refractivity contribution in [1.82, 2.24) is 10.2 Å². The standard InChI is InChI=1S/C17H28ClN3O2S/c1-19-17(20-9-6-15-4-5-16(18)24-15)21-10-7-14(8-11-21)23-13-3-12-22-2/h4-5,14H,3,6-13H2,1-2H3,(H,19,20). The molecular weight excluding hydrogens is 346 g/mol. The van der Waals surface area contributed by atoms with Crippen molar-refractivity contribution in [2.75, 3.05) is 47.0 Å². The molecule has 0 unspecified atom stereocenters. The van der Waals surface area contributed by atoms with Crippen LogP contribution < -0.4 is 5.32 Å². The molecule has 1 aliphatic rings. The number of thiophene rings is 1. The van der Waals surface area contributed by atoms with Crippen LogP contribution in [0, 0.1) is 0 Å². The van der Waals surface area contributed by atoms with E-state index in [-0.39, 0.29) is 0 Å². The van der Waals surface area contributed by atoms with E-state index >= 15 is 0 Å². The number of aliphatic imine (C=N–C) groups is 1. The summed E-state index contributed by atoms with van der Waals surface area (Å²) in [4.78, 5) is 8.02. The number of guanidine groups is 1. The summed E-state index contributed by atoms with van der Waals surface area (Å²) in [5, 5.41) is 3.45. The van der Waals surface area contributed by atoms with Crippen LogP contribution in [0.15, 0.2) is 17.1 Å². The van der Waals surface area contributed by atoms with E-state index in [4.69, 9.17) is 21.1 Å². The fourth-order valence-electron chi connectivity index (χ4n) is 2.80. The minimum Gasteiger partial charge on any atom is -0.385 e. The number of nitrogens with one attached hydrogen (secondary N) is 1. The van der Waals surface area contributed by atoms with Crippen LogP contribution in [0.5, 0.6) is 0 Å². The number of hydrogen-bond donors (Lipinski definition) is 1. The summed E-state index contributed by atoms with van der Waals surface area (Å²) in [5.74, 6) is 0.982. The molecular formula is C17H28ClN3O2S. The van der Waals surface area contributed by atoms with Crippen molar-refractivity contribution < 1.29 is 9.47 Å². The second kappa shape index (κ2) is 10.9. The Morgan fingerprint density at radius 3 is 2.79 bits per heavy atom. The first-order valence-corrected chi connectivity index (χ1v) is 9.72. The molecule has 0 radical (unpaired) electrons. The van der Waals surface area contributed by atoms with Crippen LogP contribution in [-0.2, 0) is 15.9 Å². The number of hydrogen-bond acceptors (Lipinski definition) is 4. The molecule has 0 spiro atoms. The molecule has 1 N–H and O–H groups in total. The quantitative estimate of drug-likeness (QED) is 0.432. The van der Waals surface area contributed by atoms with Crippen LogP contribution in [0.3, 0.4) is 0 Å². The van der Waals surface area contributed by atoms with E-state index in [1.807, 2.05) is 13.1 Å². The minimum atomic E-state index is 0.365. The molecule has 136 valence electrons. The SMILES string of the molecule is CN=C(NCCc1ccc(Cl)s1)N1CCC(OCCCOC)CC1. The predicted octanol–water partition coefficient (Wildman–Crippen LogP) is 3.04. The van der Waals surface area contributed by atoms with Gasteiger partial charge in [-0.15, -0.1) is 11.3 Å². The largest absolute Gasteiger partial charge is 0.385 e. The number of nitrogens with zero attached hydrogens (tertiary/aromatic N) is 2. The smallest absolute Gasteiger partial charge is 0.193 e. The summed E-state index contributed by atoms with van der Waals surface area (Å²) in [7, 11) is 3.57. The highest BCUT2D eigenvalue weighted by molar-refractivity contribution is 7.16. The molecule has 2 rings (SSSR count). The lowest BCUT2D eigenvalue weighted by Gasteiger charge is -2.34. The van der Waals surface area contributed by atoms with Crippen LogP contribution in [0.25, 0.3) is 0 Å². The molecule has 1 aromatic heterocycles. The van der Waals surface area contributed by atoms with Crippen molar-refractivity contribution in [2.24, 2.45) is 4.99 Å². The van der Waals surface area contributed by atoms with Gasteiger partial charge in [0, 0.05) is 51.9 Å². The second-order valence-electron chi connectivity index (χ2n) is 5.83. The highest BCUT2D eigenvalue weighted by atomic mass is 35.5. The molecule has 0 amide bonds. The van der Waals surface area contributed by atoms with Gasteiger partial charge in [0.15, 0.2) is 5.96 Å². The van der Waals surface area contributed by atoms with Crippen molar-refractivity contribution in [3.05, 3.63) is 21.3 Å². The Morgan fingerprint density at radius 1 is 1.38 bits per heavy atom. The highest BCUT2D eigenvalue weighted by Crippen LogP contribution is 2.21. The third-order valence-corrected chi connectivity index (χ3v) is 5.37. The Bertz CT molecular complexity index is 502. The fourth-order valence-corrected chi connectivity index (χ4v) is 3.89. The predicted molar refractivity (Wildman–Crippen MR) is 101 cm³/mol. The summed E-state index contributed by atoms with van der Waals surface area (Å²) in [6, 6.07) is 4.04. The zero-order valence-electron chi connectivity index (χ0n) is 14.6. The maximum Gasteiger partial charge on any atom is 0.193 e. The molecule has 24 heavy (non-hydrogen) atoms. The summed E-state index contributed by atoms with van der Waals surface area (Å²) < 4.78 is 11.8. The lowest BCUT2D eigenvalue weighted by molar-refractivity contribution is 0.00992.